The zero-order valence-corrected chi connectivity index (χ0v) is 16.1. The Hall–Kier alpha value is -2.71. The second-order valence-electron chi connectivity index (χ2n) is 6.02. The topological polar surface area (TPSA) is 86.1 Å². The van der Waals surface area contributed by atoms with Gasteiger partial charge in [0.25, 0.3) is 0 Å². The van der Waals surface area contributed by atoms with Crippen LogP contribution in [0, 0.1) is 0 Å². The summed E-state index contributed by atoms with van der Waals surface area (Å²) in [4.78, 5) is 4.19. The van der Waals surface area contributed by atoms with Gasteiger partial charge in [0.15, 0.2) is 0 Å². The molecule has 3 aromatic rings. The van der Waals surface area contributed by atoms with Crippen LogP contribution in [-0.4, -0.2) is 29.8 Å². The highest BCUT2D eigenvalue weighted by molar-refractivity contribution is 7.89. The van der Waals surface area contributed by atoms with Gasteiger partial charge < -0.3 is 4.74 Å². The number of nitrogens with one attached hydrogen (secondary N) is 1. The number of hydrogen-bond donors (Lipinski definition) is 1. The van der Waals surface area contributed by atoms with Gasteiger partial charge in [0.1, 0.15) is 5.75 Å². The van der Waals surface area contributed by atoms with Crippen molar-refractivity contribution in [1.29, 1.82) is 0 Å². The molecule has 0 spiro atoms. The zero-order chi connectivity index (χ0) is 19.3. The van der Waals surface area contributed by atoms with Crippen LogP contribution in [0.5, 0.6) is 5.75 Å². The summed E-state index contributed by atoms with van der Waals surface area (Å²) in [5, 5.41) is 4.38. The van der Waals surface area contributed by atoms with Gasteiger partial charge in [0.2, 0.25) is 10.0 Å². The van der Waals surface area contributed by atoms with E-state index in [4.69, 9.17) is 4.74 Å². The molecule has 27 heavy (non-hydrogen) atoms. The summed E-state index contributed by atoms with van der Waals surface area (Å²) >= 11 is 0. The van der Waals surface area contributed by atoms with Crippen molar-refractivity contribution in [2.45, 2.75) is 24.8 Å². The molecule has 2 aromatic heterocycles. The van der Waals surface area contributed by atoms with E-state index in [9.17, 15) is 8.42 Å². The van der Waals surface area contributed by atoms with Gasteiger partial charge in [0.05, 0.1) is 29.4 Å². The summed E-state index contributed by atoms with van der Waals surface area (Å²) in [6, 6.07) is 12.0. The Balaban J connectivity index is 1.69. The van der Waals surface area contributed by atoms with Gasteiger partial charge in [-0.2, -0.15) is 5.10 Å². The molecule has 1 N–H and O–H groups in total. The third kappa shape index (κ3) is 4.72. The Morgan fingerprint density at radius 3 is 2.48 bits per heavy atom. The number of aryl methyl sites for hydroxylation is 1. The number of sulfonamides is 1. The lowest BCUT2D eigenvalue weighted by molar-refractivity contribution is 0.317. The Morgan fingerprint density at radius 2 is 1.81 bits per heavy atom. The molecule has 0 aliphatic heterocycles. The maximum absolute atomic E-state index is 12.5. The fraction of sp³-hybridized carbons (Fsp3) is 0.263. The van der Waals surface area contributed by atoms with Crippen molar-refractivity contribution < 1.29 is 13.2 Å². The number of ether oxygens (including phenoxy) is 1. The van der Waals surface area contributed by atoms with Crippen LogP contribution in [0.15, 0.2) is 59.8 Å². The number of aromatic nitrogens is 3. The van der Waals surface area contributed by atoms with E-state index in [0.717, 1.165) is 17.7 Å². The Bertz CT molecular complexity index is 984. The van der Waals surface area contributed by atoms with Crippen molar-refractivity contribution in [1.82, 2.24) is 19.5 Å². The number of benzene rings is 1. The predicted octanol–water partition coefficient (Wildman–Crippen LogP) is 2.75. The number of nitrogens with zero attached hydrogens (tertiary/aromatic N) is 3. The molecular weight excluding hydrogens is 364 g/mol. The van der Waals surface area contributed by atoms with Crippen molar-refractivity contribution >= 4 is 10.0 Å². The first-order valence-electron chi connectivity index (χ1n) is 8.65. The molecule has 0 saturated heterocycles. The monoisotopic (exact) mass is 386 g/mol. The summed E-state index contributed by atoms with van der Waals surface area (Å²) in [5.74, 6) is 0.655. The molecule has 0 amide bonds. The maximum atomic E-state index is 12.5. The van der Waals surface area contributed by atoms with Crippen LogP contribution in [0.4, 0.5) is 0 Å². The summed E-state index contributed by atoms with van der Waals surface area (Å²) in [6.45, 7) is 2.72. The second kappa shape index (κ2) is 8.32. The van der Waals surface area contributed by atoms with E-state index in [1.54, 1.807) is 29.2 Å². The van der Waals surface area contributed by atoms with E-state index < -0.39 is 10.0 Å². The van der Waals surface area contributed by atoms with Crippen LogP contribution in [0.3, 0.4) is 0 Å². The molecule has 0 unspecified atom stereocenters. The normalized spacial score (nSPS) is 11.5. The van der Waals surface area contributed by atoms with Gasteiger partial charge in [-0.15, -0.1) is 0 Å². The van der Waals surface area contributed by atoms with E-state index in [0.29, 0.717) is 18.1 Å². The Morgan fingerprint density at radius 1 is 1.11 bits per heavy atom. The Labute approximate surface area is 159 Å². The summed E-state index contributed by atoms with van der Waals surface area (Å²) in [7, 11) is -1.81. The average Bonchev–Trinajstić information content (AvgIpc) is 3.06. The van der Waals surface area contributed by atoms with E-state index in [1.807, 2.05) is 32.2 Å². The molecule has 0 atom stereocenters. The van der Waals surface area contributed by atoms with E-state index in [2.05, 4.69) is 14.8 Å². The first kappa shape index (κ1) is 19.1. The van der Waals surface area contributed by atoms with Crippen molar-refractivity contribution in [3.63, 3.8) is 0 Å². The molecule has 8 heteroatoms. The molecule has 7 nitrogen and oxygen atoms in total. The van der Waals surface area contributed by atoms with Gasteiger partial charge in [-0.1, -0.05) is 6.92 Å². The third-order valence-corrected chi connectivity index (χ3v) is 5.37. The minimum absolute atomic E-state index is 0.106. The fourth-order valence-electron chi connectivity index (χ4n) is 2.59. The highest BCUT2D eigenvalue weighted by Gasteiger charge is 2.15. The van der Waals surface area contributed by atoms with Crippen LogP contribution in [-0.2, 0) is 23.6 Å². The quantitative estimate of drug-likeness (QED) is 0.643. The van der Waals surface area contributed by atoms with Gasteiger partial charge in [0, 0.05) is 25.0 Å². The van der Waals surface area contributed by atoms with Gasteiger partial charge in [-0.25, -0.2) is 13.1 Å². The SMILES string of the molecule is CCCOc1ccc(S(=O)(=O)NCc2cc(-c3ccncc3)n(C)n2)cc1. The fourth-order valence-corrected chi connectivity index (χ4v) is 3.59. The zero-order valence-electron chi connectivity index (χ0n) is 15.3. The molecule has 0 bridgehead atoms. The lowest BCUT2D eigenvalue weighted by Crippen LogP contribution is -2.23. The molecule has 0 aliphatic carbocycles. The van der Waals surface area contributed by atoms with Crippen LogP contribution < -0.4 is 9.46 Å². The summed E-state index contributed by atoms with van der Waals surface area (Å²) in [5.41, 5.74) is 2.50. The third-order valence-electron chi connectivity index (χ3n) is 3.96. The molecule has 3 rings (SSSR count). The Kier molecular flexibility index (Phi) is 5.88. The molecule has 0 fully saturated rings. The van der Waals surface area contributed by atoms with Crippen molar-refractivity contribution in [3.05, 3.63) is 60.6 Å². The molecule has 0 radical (unpaired) electrons. The molecular formula is C19H22N4O3S. The van der Waals surface area contributed by atoms with E-state index in [-0.39, 0.29) is 11.4 Å². The van der Waals surface area contributed by atoms with Crippen LogP contribution >= 0.6 is 0 Å². The van der Waals surface area contributed by atoms with Gasteiger partial charge >= 0.3 is 0 Å². The average molecular weight is 386 g/mol. The molecule has 0 aliphatic rings. The first-order chi connectivity index (χ1) is 13.0. The largest absolute Gasteiger partial charge is 0.494 e. The van der Waals surface area contributed by atoms with Crippen molar-refractivity contribution in [2.24, 2.45) is 7.05 Å². The van der Waals surface area contributed by atoms with Crippen LogP contribution in [0.2, 0.25) is 0 Å². The van der Waals surface area contributed by atoms with Gasteiger partial charge in [-0.05, 0) is 48.9 Å². The second-order valence-corrected chi connectivity index (χ2v) is 7.79. The van der Waals surface area contributed by atoms with Crippen molar-refractivity contribution in [3.8, 4) is 17.0 Å². The molecule has 142 valence electrons. The first-order valence-corrected chi connectivity index (χ1v) is 10.1. The number of rotatable bonds is 8. The van der Waals surface area contributed by atoms with Crippen LogP contribution in [0.25, 0.3) is 11.3 Å². The standard InChI is InChI=1S/C19H22N4O3S/c1-3-12-26-17-4-6-18(7-5-17)27(24,25)21-14-16-13-19(23(2)22-16)15-8-10-20-11-9-15/h4-11,13,21H,3,12,14H2,1-2H3. The molecule has 1 aromatic carbocycles. The highest BCUT2D eigenvalue weighted by atomic mass is 32.2. The highest BCUT2D eigenvalue weighted by Crippen LogP contribution is 2.20. The van der Waals surface area contributed by atoms with E-state index >= 15 is 0 Å². The maximum Gasteiger partial charge on any atom is 0.240 e. The minimum Gasteiger partial charge on any atom is -0.494 e. The lowest BCUT2D eigenvalue weighted by atomic mass is 10.2. The van der Waals surface area contributed by atoms with Gasteiger partial charge in [-0.3, -0.25) is 9.67 Å². The smallest absolute Gasteiger partial charge is 0.240 e. The lowest BCUT2D eigenvalue weighted by Gasteiger charge is -2.07. The summed E-state index contributed by atoms with van der Waals surface area (Å²) in [6.07, 6.45) is 4.31. The van der Waals surface area contributed by atoms with Crippen LogP contribution in [0.1, 0.15) is 19.0 Å². The van der Waals surface area contributed by atoms with Crippen molar-refractivity contribution in [2.75, 3.05) is 6.61 Å². The molecule has 2 heterocycles. The number of hydrogen-bond acceptors (Lipinski definition) is 5. The summed E-state index contributed by atoms with van der Waals surface area (Å²) < 4.78 is 34.8. The minimum atomic E-state index is -3.63. The van der Waals surface area contributed by atoms with E-state index in [1.165, 1.54) is 12.1 Å². The number of pyridine rings is 1. The molecule has 0 saturated carbocycles. The predicted molar refractivity (Wildman–Crippen MR) is 103 cm³/mol.